The van der Waals surface area contributed by atoms with Gasteiger partial charge in [-0.05, 0) is 0 Å². The van der Waals surface area contributed by atoms with Gasteiger partial charge in [-0.15, -0.1) is 6.42 Å². The van der Waals surface area contributed by atoms with Crippen molar-refractivity contribution in [3.05, 3.63) is 45.7 Å². The van der Waals surface area contributed by atoms with Crippen LogP contribution >= 0.6 is 0 Å². The molecular weight excluding hydrogens is 227 g/mol. The van der Waals surface area contributed by atoms with Crippen molar-refractivity contribution in [1.82, 2.24) is 0 Å². The Morgan fingerprint density at radius 1 is 1.36 bits per heavy atom. The van der Waals surface area contributed by atoms with Crippen LogP contribution in [0.5, 0.6) is 0 Å². The summed E-state index contributed by atoms with van der Waals surface area (Å²) in [6.45, 7) is 2.18. The van der Waals surface area contributed by atoms with Gasteiger partial charge in [0.25, 0.3) is 0 Å². The van der Waals surface area contributed by atoms with Gasteiger partial charge in [0.05, 0.1) is 0 Å². The summed E-state index contributed by atoms with van der Waals surface area (Å²) in [7, 11) is 0.930. The second kappa shape index (κ2) is 13.2. The molecule has 0 aliphatic heterocycles. The third-order valence-corrected chi connectivity index (χ3v) is 1.85. The first-order valence-corrected chi connectivity index (χ1v) is 3.88. The summed E-state index contributed by atoms with van der Waals surface area (Å²) in [6, 6.07) is 0. The van der Waals surface area contributed by atoms with E-state index in [1.165, 1.54) is 5.20 Å². The summed E-state index contributed by atoms with van der Waals surface area (Å²) in [5.41, 5.74) is 0. The van der Waals surface area contributed by atoms with Gasteiger partial charge < -0.3 is 22.3 Å². The van der Waals surface area contributed by atoms with E-state index in [0.29, 0.717) is 0 Å². The topological polar surface area (TPSA) is 0 Å². The molecule has 1 aliphatic carbocycles. The first-order valence-electron chi connectivity index (χ1n) is 2.38. The Bertz CT molecular complexity index is 117. The molecular formula is C9H16SiZr. The van der Waals surface area contributed by atoms with Crippen LogP contribution < -0.4 is 0 Å². The predicted octanol–water partition coefficient (Wildman–Crippen LogP) is 2.73. The normalized spacial score (nSPS) is 11.2. The van der Waals surface area contributed by atoms with E-state index in [0.717, 1.165) is 15.9 Å². The number of allylic oxidation sites excluding steroid dienone is 4. The third kappa shape index (κ3) is 8.49. The fourth-order valence-corrected chi connectivity index (χ4v) is 1.14. The Balaban J connectivity index is -0.0000000612. The second-order valence-corrected chi connectivity index (χ2v) is 2.49. The largest absolute Gasteiger partial charge is 4.00 e. The molecule has 0 heterocycles. The summed E-state index contributed by atoms with van der Waals surface area (Å²) in [5.74, 6) is 0. The zero-order valence-corrected chi connectivity index (χ0v) is 11.3. The van der Waals surface area contributed by atoms with Gasteiger partial charge >= 0.3 is 26.2 Å². The fourth-order valence-electron chi connectivity index (χ4n) is 0.576. The van der Waals surface area contributed by atoms with Crippen LogP contribution in [-0.4, -0.2) is 9.52 Å². The van der Waals surface area contributed by atoms with Crippen molar-refractivity contribution in [2.45, 2.75) is 13.0 Å². The maximum Gasteiger partial charge on any atom is 4.00 e. The van der Waals surface area contributed by atoms with Gasteiger partial charge in [-0.3, -0.25) is 6.08 Å². The van der Waals surface area contributed by atoms with Crippen molar-refractivity contribution in [1.29, 1.82) is 0 Å². The van der Waals surface area contributed by atoms with Gasteiger partial charge in [-0.2, -0.15) is 6.08 Å². The smallest absolute Gasteiger partial charge is 0.358 e. The molecule has 0 bridgehead atoms. The first-order chi connectivity index (χ1) is 3.43. The average molecular weight is 244 g/mol. The van der Waals surface area contributed by atoms with E-state index in [4.69, 9.17) is 0 Å². The molecule has 0 unspecified atom stereocenters. The molecule has 2 radical (unpaired) electrons. The molecule has 0 saturated heterocycles. The Kier molecular flexibility index (Phi) is 27.1. The first kappa shape index (κ1) is 22.6. The molecule has 1 aliphatic rings. The maximum absolute atomic E-state index is 3.22. The summed E-state index contributed by atoms with van der Waals surface area (Å²) < 4.78 is 0. The van der Waals surface area contributed by atoms with Gasteiger partial charge in [0, 0.05) is 9.52 Å². The summed E-state index contributed by atoms with van der Waals surface area (Å²) in [5, 5.41) is 1.39. The van der Waals surface area contributed by atoms with E-state index in [1.54, 1.807) is 0 Å². The van der Waals surface area contributed by atoms with Crippen molar-refractivity contribution >= 4 is 9.52 Å². The van der Waals surface area contributed by atoms with Gasteiger partial charge in [-0.25, -0.2) is 11.3 Å². The number of rotatable bonds is 1. The molecule has 0 N–H and O–H groups in total. The standard InChI is InChI=1S/C6H7Si.3CH3.Zr/c1-7-6-4-2-3-5-6;;;;/h2,4H,3H2,1H3;3*1H3;/q4*-1;+4. The molecule has 0 nitrogen and oxygen atoms in total. The van der Waals surface area contributed by atoms with Gasteiger partial charge in [0.15, 0.2) is 0 Å². The SMILES string of the molecule is C[Si]C1=[C-]CC=C1.[CH3-].[CH3-].[CH3-].[Zr+4]. The molecule has 60 valence electrons. The Hall–Kier alpha value is 0.580. The molecule has 0 fully saturated rings. The van der Waals surface area contributed by atoms with E-state index in [1.807, 2.05) is 0 Å². The molecule has 2 heteroatoms. The van der Waals surface area contributed by atoms with E-state index < -0.39 is 0 Å². The van der Waals surface area contributed by atoms with Crippen LogP contribution in [-0.2, 0) is 26.2 Å². The second-order valence-electron chi connectivity index (χ2n) is 1.45. The molecule has 0 aromatic heterocycles. The molecule has 11 heavy (non-hydrogen) atoms. The molecule has 0 aromatic rings. The average Bonchev–Trinajstić information content (AvgIpc) is 2.14. The molecule has 0 spiro atoms. The molecule has 0 aromatic carbocycles. The van der Waals surface area contributed by atoms with Crippen LogP contribution in [0.3, 0.4) is 0 Å². The van der Waals surface area contributed by atoms with Crippen molar-refractivity contribution in [3.8, 4) is 0 Å². The van der Waals surface area contributed by atoms with Crippen molar-refractivity contribution in [3.63, 3.8) is 0 Å². The van der Waals surface area contributed by atoms with Crippen molar-refractivity contribution in [2.75, 3.05) is 0 Å². The number of hydrogen-bond acceptors (Lipinski definition) is 0. The minimum absolute atomic E-state index is 0. The minimum Gasteiger partial charge on any atom is -0.358 e. The molecule has 0 saturated carbocycles. The number of hydrogen-bond donors (Lipinski definition) is 0. The van der Waals surface area contributed by atoms with Crippen LogP contribution in [0.1, 0.15) is 6.42 Å². The predicted molar refractivity (Wildman–Crippen MR) is 51.4 cm³/mol. The van der Waals surface area contributed by atoms with Crippen LogP contribution in [0.15, 0.2) is 17.3 Å². The maximum atomic E-state index is 3.22. The van der Waals surface area contributed by atoms with E-state index in [9.17, 15) is 0 Å². The third-order valence-electron chi connectivity index (χ3n) is 0.964. The fraction of sp³-hybridized carbons (Fsp3) is 0.222. The van der Waals surface area contributed by atoms with E-state index >= 15 is 0 Å². The summed E-state index contributed by atoms with van der Waals surface area (Å²) in [4.78, 5) is 0. The van der Waals surface area contributed by atoms with Crippen molar-refractivity contribution < 1.29 is 26.2 Å². The Labute approximate surface area is 94.1 Å². The summed E-state index contributed by atoms with van der Waals surface area (Å²) in [6.07, 6.45) is 8.56. The minimum atomic E-state index is 0. The van der Waals surface area contributed by atoms with Crippen LogP contribution in [0.2, 0.25) is 6.55 Å². The molecule has 1 rings (SSSR count). The van der Waals surface area contributed by atoms with Crippen molar-refractivity contribution in [2.24, 2.45) is 0 Å². The monoisotopic (exact) mass is 242 g/mol. The summed E-state index contributed by atoms with van der Waals surface area (Å²) >= 11 is 0. The van der Waals surface area contributed by atoms with Gasteiger partial charge in [0.1, 0.15) is 0 Å². The van der Waals surface area contributed by atoms with Crippen LogP contribution in [0, 0.1) is 28.4 Å². The van der Waals surface area contributed by atoms with E-state index in [2.05, 4.69) is 24.8 Å². The Morgan fingerprint density at radius 3 is 2.09 bits per heavy atom. The quantitative estimate of drug-likeness (QED) is 0.491. The van der Waals surface area contributed by atoms with Crippen LogP contribution in [0.4, 0.5) is 0 Å². The van der Waals surface area contributed by atoms with Crippen LogP contribution in [0.25, 0.3) is 0 Å². The van der Waals surface area contributed by atoms with Gasteiger partial charge in [0.2, 0.25) is 0 Å². The van der Waals surface area contributed by atoms with Gasteiger partial charge in [-0.1, -0.05) is 6.55 Å². The zero-order valence-electron chi connectivity index (χ0n) is 7.86. The molecule has 0 amide bonds. The van der Waals surface area contributed by atoms with E-state index in [-0.39, 0.29) is 48.5 Å². The Morgan fingerprint density at radius 2 is 1.91 bits per heavy atom. The zero-order chi connectivity index (χ0) is 5.11. The molecule has 0 atom stereocenters.